The highest BCUT2D eigenvalue weighted by Crippen LogP contribution is 2.33. The molecular formula is C17H19Br2NO2S. The molecule has 0 aliphatic carbocycles. The number of nitrogens with one attached hydrogen (secondary N) is 1. The Labute approximate surface area is 154 Å². The van der Waals surface area contributed by atoms with Crippen LogP contribution in [-0.4, -0.2) is 8.42 Å². The summed E-state index contributed by atoms with van der Waals surface area (Å²) < 4.78 is 30.2. The van der Waals surface area contributed by atoms with Crippen molar-refractivity contribution in [3.63, 3.8) is 0 Å². The Bertz CT molecular complexity index is 861. The molecule has 0 heterocycles. The number of hydrogen-bond donors (Lipinski definition) is 1. The molecule has 0 bridgehead atoms. The lowest BCUT2D eigenvalue weighted by atomic mass is 9.95. The van der Waals surface area contributed by atoms with E-state index in [9.17, 15) is 8.42 Å². The van der Waals surface area contributed by atoms with Gasteiger partial charge in [-0.1, -0.05) is 15.9 Å². The molecule has 0 radical (unpaired) electrons. The van der Waals surface area contributed by atoms with Gasteiger partial charge in [0, 0.05) is 8.95 Å². The number of halogens is 2. The van der Waals surface area contributed by atoms with Crippen molar-refractivity contribution >= 4 is 47.6 Å². The largest absolute Gasteiger partial charge is 0.278 e. The highest BCUT2D eigenvalue weighted by Gasteiger charge is 2.24. The molecule has 0 amide bonds. The first kappa shape index (κ1) is 18.5. The molecule has 2 aromatic rings. The van der Waals surface area contributed by atoms with Crippen molar-refractivity contribution in [1.29, 1.82) is 0 Å². The van der Waals surface area contributed by atoms with E-state index in [1.165, 1.54) is 0 Å². The van der Waals surface area contributed by atoms with Crippen LogP contribution in [0, 0.1) is 34.6 Å². The summed E-state index contributed by atoms with van der Waals surface area (Å²) >= 11 is 6.76. The molecule has 1 N–H and O–H groups in total. The summed E-state index contributed by atoms with van der Waals surface area (Å²) in [6.07, 6.45) is 0. The van der Waals surface area contributed by atoms with Crippen LogP contribution in [0.15, 0.2) is 32.0 Å². The molecule has 3 nitrogen and oxygen atoms in total. The number of hydrogen-bond acceptors (Lipinski definition) is 2. The zero-order chi connectivity index (χ0) is 17.5. The normalized spacial score (nSPS) is 11.6. The number of benzene rings is 2. The van der Waals surface area contributed by atoms with Crippen LogP contribution in [0.1, 0.15) is 27.8 Å². The maximum atomic E-state index is 13.0. The molecule has 0 fully saturated rings. The third-order valence-corrected chi connectivity index (χ3v) is 7.16. The van der Waals surface area contributed by atoms with Gasteiger partial charge in [0.15, 0.2) is 0 Å². The van der Waals surface area contributed by atoms with Crippen molar-refractivity contribution in [3.05, 3.63) is 55.0 Å². The first-order valence-electron chi connectivity index (χ1n) is 7.11. The molecule has 0 saturated carbocycles. The Morgan fingerprint density at radius 3 is 1.78 bits per heavy atom. The van der Waals surface area contributed by atoms with Gasteiger partial charge < -0.3 is 0 Å². The molecule has 0 aliphatic heterocycles. The van der Waals surface area contributed by atoms with E-state index < -0.39 is 10.0 Å². The predicted molar refractivity (Wildman–Crippen MR) is 103 cm³/mol. The summed E-state index contributed by atoms with van der Waals surface area (Å²) in [6, 6.07) is 5.33. The Hall–Kier alpha value is -0.850. The van der Waals surface area contributed by atoms with E-state index in [1.54, 1.807) is 12.1 Å². The molecule has 0 aliphatic rings. The highest BCUT2D eigenvalue weighted by atomic mass is 79.9. The van der Waals surface area contributed by atoms with Gasteiger partial charge in [-0.3, -0.25) is 4.72 Å². The number of anilines is 1. The second kappa shape index (κ2) is 6.57. The van der Waals surface area contributed by atoms with Gasteiger partial charge >= 0.3 is 0 Å². The van der Waals surface area contributed by atoms with E-state index in [0.717, 1.165) is 32.3 Å². The van der Waals surface area contributed by atoms with Gasteiger partial charge in [-0.05, 0) is 96.6 Å². The lowest BCUT2D eigenvalue weighted by molar-refractivity contribution is 0.599. The third-order valence-electron chi connectivity index (χ3n) is 4.38. The van der Waals surface area contributed by atoms with E-state index in [-0.39, 0.29) is 0 Å². The van der Waals surface area contributed by atoms with Crippen molar-refractivity contribution in [2.75, 3.05) is 4.72 Å². The first-order valence-corrected chi connectivity index (χ1v) is 10.2. The summed E-state index contributed by atoms with van der Waals surface area (Å²) in [5.41, 5.74) is 5.29. The quantitative estimate of drug-likeness (QED) is 0.652. The van der Waals surface area contributed by atoms with E-state index in [4.69, 9.17) is 0 Å². The molecule has 0 spiro atoms. The lowest BCUT2D eigenvalue weighted by Crippen LogP contribution is -2.18. The van der Waals surface area contributed by atoms with Gasteiger partial charge in [0.2, 0.25) is 0 Å². The first-order chi connectivity index (χ1) is 10.6. The van der Waals surface area contributed by atoms with E-state index in [0.29, 0.717) is 15.1 Å². The third kappa shape index (κ3) is 3.49. The maximum Gasteiger partial charge on any atom is 0.262 e. The minimum absolute atomic E-state index is 0.368. The van der Waals surface area contributed by atoms with Crippen LogP contribution < -0.4 is 4.72 Å². The molecule has 124 valence electrons. The standard InChI is InChI=1S/C17H19Br2NO2S/c1-9-10(2)12(4)17(13(5)11(9)3)23(21,22)20-16-7-6-14(18)8-15(16)19/h6-8,20H,1-5H3. The van der Waals surface area contributed by atoms with Gasteiger partial charge in [-0.15, -0.1) is 0 Å². The van der Waals surface area contributed by atoms with Crippen LogP contribution in [0.5, 0.6) is 0 Å². The zero-order valence-electron chi connectivity index (χ0n) is 13.7. The highest BCUT2D eigenvalue weighted by molar-refractivity contribution is 9.11. The van der Waals surface area contributed by atoms with Crippen molar-refractivity contribution in [2.45, 2.75) is 39.5 Å². The molecule has 0 saturated heterocycles. The Kier molecular flexibility index (Phi) is 5.28. The van der Waals surface area contributed by atoms with Crippen LogP contribution in [0.2, 0.25) is 0 Å². The molecule has 2 rings (SSSR count). The second-order valence-electron chi connectivity index (χ2n) is 5.68. The van der Waals surface area contributed by atoms with Crippen LogP contribution in [0.4, 0.5) is 5.69 Å². The smallest absolute Gasteiger partial charge is 0.262 e. The predicted octanol–water partition coefficient (Wildman–Crippen LogP) is 5.55. The average Bonchev–Trinajstić information content (AvgIpc) is 2.46. The van der Waals surface area contributed by atoms with Gasteiger partial charge in [0.25, 0.3) is 10.0 Å². The van der Waals surface area contributed by atoms with Crippen LogP contribution in [0.25, 0.3) is 0 Å². The Balaban J connectivity index is 2.61. The fourth-order valence-corrected chi connectivity index (χ4v) is 5.60. The monoisotopic (exact) mass is 459 g/mol. The van der Waals surface area contributed by atoms with Crippen molar-refractivity contribution in [3.8, 4) is 0 Å². The second-order valence-corrected chi connectivity index (χ2v) is 9.07. The number of rotatable bonds is 3. The molecule has 0 aromatic heterocycles. The summed E-state index contributed by atoms with van der Waals surface area (Å²) in [7, 11) is -3.67. The zero-order valence-corrected chi connectivity index (χ0v) is 17.7. The molecule has 23 heavy (non-hydrogen) atoms. The molecule has 0 unspecified atom stereocenters. The van der Waals surface area contributed by atoms with Gasteiger partial charge in [-0.25, -0.2) is 8.42 Å². The van der Waals surface area contributed by atoms with Crippen molar-refractivity contribution in [1.82, 2.24) is 0 Å². The Morgan fingerprint density at radius 1 is 0.826 bits per heavy atom. The summed E-state index contributed by atoms with van der Waals surface area (Å²) in [6.45, 7) is 9.68. The summed E-state index contributed by atoms with van der Waals surface area (Å²) in [5, 5.41) is 0. The lowest BCUT2D eigenvalue weighted by Gasteiger charge is -2.19. The average molecular weight is 461 g/mol. The fraction of sp³-hybridized carbons (Fsp3) is 0.294. The summed E-state index contributed by atoms with van der Waals surface area (Å²) in [5.74, 6) is 0. The van der Waals surface area contributed by atoms with Gasteiger partial charge in [0.05, 0.1) is 10.6 Å². The topological polar surface area (TPSA) is 46.2 Å². The van der Waals surface area contributed by atoms with E-state index in [2.05, 4.69) is 36.6 Å². The van der Waals surface area contributed by atoms with Crippen LogP contribution >= 0.6 is 31.9 Å². The molecular weight excluding hydrogens is 442 g/mol. The van der Waals surface area contributed by atoms with Crippen molar-refractivity contribution in [2.24, 2.45) is 0 Å². The van der Waals surface area contributed by atoms with Crippen LogP contribution in [-0.2, 0) is 10.0 Å². The molecule has 2 aromatic carbocycles. The Morgan fingerprint density at radius 2 is 1.30 bits per heavy atom. The molecule has 0 atom stereocenters. The molecule has 6 heteroatoms. The SMILES string of the molecule is Cc1c(C)c(C)c(S(=O)(=O)Nc2ccc(Br)cc2Br)c(C)c1C. The fourth-order valence-electron chi connectivity index (χ4n) is 2.64. The minimum Gasteiger partial charge on any atom is -0.278 e. The van der Waals surface area contributed by atoms with Crippen molar-refractivity contribution < 1.29 is 8.42 Å². The van der Waals surface area contributed by atoms with Gasteiger partial charge in [-0.2, -0.15) is 0 Å². The maximum absolute atomic E-state index is 13.0. The van der Waals surface area contributed by atoms with Crippen LogP contribution in [0.3, 0.4) is 0 Å². The minimum atomic E-state index is -3.67. The van der Waals surface area contributed by atoms with Gasteiger partial charge in [0.1, 0.15) is 0 Å². The van der Waals surface area contributed by atoms with E-state index in [1.807, 2.05) is 40.7 Å². The summed E-state index contributed by atoms with van der Waals surface area (Å²) in [4.78, 5) is 0.368. The number of sulfonamides is 1. The van der Waals surface area contributed by atoms with E-state index >= 15 is 0 Å².